The molecule has 0 unspecified atom stereocenters. The van der Waals surface area contributed by atoms with Gasteiger partial charge in [-0.1, -0.05) is 42.5 Å². The minimum Gasteiger partial charge on any atom is -0.268 e. The summed E-state index contributed by atoms with van der Waals surface area (Å²) in [7, 11) is 1.53. The minimum atomic E-state index is -0.204. The molecule has 0 fully saturated rings. The van der Waals surface area contributed by atoms with Gasteiger partial charge >= 0.3 is 0 Å². The molecule has 0 aliphatic heterocycles. The summed E-state index contributed by atoms with van der Waals surface area (Å²) in [5.74, 6) is -0.204. The Labute approximate surface area is 106 Å². The van der Waals surface area contributed by atoms with E-state index in [0.717, 1.165) is 15.5 Å². The van der Waals surface area contributed by atoms with Crippen LogP contribution in [-0.4, -0.2) is 17.4 Å². The number of rotatable bonds is 2. The van der Waals surface area contributed by atoms with E-state index in [1.807, 2.05) is 48.5 Å². The topological polar surface area (TPSA) is 20.3 Å². The highest BCUT2D eigenvalue weighted by Crippen LogP contribution is 2.20. The van der Waals surface area contributed by atoms with Crippen LogP contribution in [0.2, 0.25) is 0 Å². The smallest absolute Gasteiger partial charge is 0.267 e. The molecule has 2 rings (SSSR count). The van der Waals surface area contributed by atoms with Crippen molar-refractivity contribution in [3.8, 4) is 11.1 Å². The second kappa shape index (κ2) is 5.02. The molecule has 0 aliphatic carbocycles. The van der Waals surface area contributed by atoms with Crippen molar-refractivity contribution in [1.29, 1.82) is 0 Å². The maximum Gasteiger partial charge on any atom is 0.267 e. The van der Waals surface area contributed by atoms with Crippen molar-refractivity contribution in [2.24, 2.45) is 0 Å². The van der Waals surface area contributed by atoms with Crippen molar-refractivity contribution in [3.05, 3.63) is 60.2 Å². The third-order valence-electron chi connectivity index (χ3n) is 2.50. The second-order valence-electron chi connectivity index (χ2n) is 3.73. The number of amides is 1. The maximum absolute atomic E-state index is 11.7. The van der Waals surface area contributed by atoms with Crippen molar-refractivity contribution in [1.82, 2.24) is 4.42 Å². The molecule has 2 aromatic carbocycles. The molecule has 2 nitrogen and oxygen atoms in total. The lowest BCUT2D eigenvalue weighted by molar-refractivity contribution is 0.0885. The first kappa shape index (κ1) is 11.7. The number of nitrogens with zero attached hydrogens (tertiary/aromatic N) is 1. The minimum absolute atomic E-state index is 0.204. The Bertz CT molecular complexity index is 523. The van der Waals surface area contributed by atoms with E-state index >= 15 is 0 Å². The van der Waals surface area contributed by atoms with E-state index in [-0.39, 0.29) is 5.91 Å². The average Bonchev–Trinajstić information content (AvgIpc) is 2.39. The van der Waals surface area contributed by atoms with Crippen LogP contribution in [0, 0.1) is 0 Å². The van der Waals surface area contributed by atoms with Crippen LogP contribution in [0.1, 0.15) is 10.4 Å². The van der Waals surface area contributed by atoms with Crippen molar-refractivity contribution in [3.63, 3.8) is 0 Å². The monoisotopic (exact) mass is 245 g/mol. The third kappa shape index (κ3) is 2.66. The summed E-state index contributed by atoms with van der Waals surface area (Å²) in [5.41, 5.74) is 2.68. The summed E-state index contributed by atoms with van der Waals surface area (Å²) in [6.07, 6.45) is 0. The molecule has 0 bridgehead atoms. The Morgan fingerprint density at radius 3 is 2.29 bits per heavy atom. The van der Waals surface area contributed by atoms with Gasteiger partial charge < -0.3 is 0 Å². The Kier molecular flexibility index (Phi) is 3.45. The van der Waals surface area contributed by atoms with E-state index in [2.05, 4.69) is 0 Å². The van der Waals surface area contributed by atoms with Crippen molar-refractivity contribution < 1.29 is 4.79 Å². The van der Waals surface area contributed by atoms with Gasteiger partial charge in [-0.2, -0.15) is 0 Å². The predicted octanol–water partition coefficient (Wildman–Crippen LogP) is 3.58. The highest BCUT2D eigenvalue weighted by atomic mass is 35.5. The number of halogens is 1. The van der Waals surface area contributed by atoms with Crippen LogP contribution < -0.4 is 0 Å². The summed E-state index contributed by atoms with van der Waals surface area (Å²) in [5, 5.41) is 0. The Hall–Kier alpha value is -1.80. The van der Waals surface area contributed by atoms with Crippen LogP contribution in [0.15, 0.2) is 54.6 Å². The van der Waals surface area contributed by atoms with Crippen LogP contribution >= 0.6 is 11.8 Å². The van der Waals surface area contributed by atoms with Gasteiger partial charge in [0, 0.05) is 24.4 Å². The van der Waals surface area contributed by atoms with Gasteiger partial charge in [-0.15, -0.1) is 0 Å². The summed E-state index contributed by atoms with van der Waals surface area (Å²) >= 11 is 5.64. The molecule has 0 saturated heterocycles. The highest BCUT2D eigenvalue weighted by molar-refractivity contribution is 6.23. The number of carbonyl (C=O) groups excluding carboxylic acids is 1. The van der Waals surface area contributed by atoms with Gasteiger partial charge in [0.05, 0.1) is 0 Å². The Balaban J connectivity index is 2.39. The standard InChI is InChI=1S/C14H12ClNO/c1-16(15)14(17)13-9-5-8-12(10-13)11-6-3-2-4-7-11/h2-10H,1H3. The molecular formula is C14H12ClNO. The van der Waals surface area contributed by atoms with Crippen LogP contribution in [0.25, 0.3) is 11.1 Å². The van der Waals surface area contributed by atoms with E-state index in [9.17, 15) is 4.79 Å². The van der Waals surface area contributed by atoms with Gasteiger partial charge in [0.25, 0.3) is 5.91 Å². The molecule has 0 spiro atoms. The molecule has 0 saturated carbocycles. The van der Waals surface area contributed by atoms with E-state index in [1.54, 1.807) is 6.07 Å². The number of benzene rings is 2. The largest absolute Gasteiger partial charge is 0.268 e. The lowest BCUT2D eigenvalue weighted by Crippen LogP contribution is -2.16. The second-order valence-corrected chi connectivity index (χ2v) is 4.24. The molecule has 0 aromatic heterocycles. The van der Waals surface area contributed by atoms with Gasteiger partial charge in [-0.3, -0.25) is 9.21 Å². The first-order valence-electron chi connectivity index (χ1n) is 5.28. The molecule has 0 atom stereocenters. The predicted molar refractivity (Wildman–Crippen MR) is 69.8 cm³/mol. The number of hydrogen-bond donors (Lipinski definition) is 0. The van der Waals surface area contributed by atoms with Crippen LogP contribution in [0.3, 0.4) is 0 Å². The normalized spacial score (nSPS) is 10.0. The molecule has 1 amide bonds. The number of carbonyl (C=O) groups is 1. The quantitative estimate of drug-likeness (QED) is 0.741. The van der Waals surface area contributed by atoms with Crippen molar-refractivity contribution in [2.75, 3.05) is 7.05 Å². The summed E-state index contributed by atoms with van der Waals surface area (Å²) < 4.78 is 1.06. The molecule has 3 heteroatoms. The van der Waals surface area contributed by atoms with Gasteiger partial charge in [0.1, 0.15) is 0 Å². The molecule has 0 heterocycles. The molecule has 2 aromatic rings. The zero-order valence-corrected chi connectivity index (χ0v) is 10.2. The Morgan fingerprint density at radius 2 is 1.65 bits per heavy atom. The van der Waals surface area contributed by atoms with E-state index < -0.39 is 0 Å². The lowest BCUT2D eigenvalue weighted by atomic mass is 10.0. The molecule has 0 aliphatic rings. The molecule has 86 valence electrons. The lowest BCUT2D eigenvalue weighted by Gasteiger charge is -2.08. The molecule has 0 N–H and O–H groups in total. The third-order valence-corrected chi connectivity index (χ3v) is 2.65. The zero-order chi connectivity index (χ0) is 12.3. The summed E-state index contributed by atoms with van der Waals surface area (Å²) in [4.78, 5) is 11.7. The van der Waals surface area contributed by atoms with Crippen LogP contribution in [-0.2, 0) is 0 Å². The first-order chi connectivity index (χ1) is 8.18. The summed E-state index contributed by atoms with van der Waals surface area (Å²) in [6.45, 7) is 0. The SMILES string of the molecule is CN(Cl)C(=O)c1cccc(-c2ccccc2)c1. The maximum atomic E-state index is 11.7. The van der Waals surface area contributed by atoms with Gasteiger partial charge in [0.15, 0.2) is 0 Å². The van der Waals surface area contributed by atoms with E-state index in [0.29, 0.717) is 5.56 Å². The van der Waals surface area contributed by atoms with Crippen LogP contribution in [0.5, 0.6) is 0 Å². The van der Waals surface area contributed by atoms with E-state index in [4.69, 9.17) is 11.8 Å². The molecule has 17 heavy (non-hydrogen) atoms. The van der Waals surface area contributed by atoms with Crippen molar-refractivity contribution in [2.45, 2.75) is 0 Å². The van der Waals surface area contributed by atoms with Crippen molar-refractivity contribution >= 4 is 17.7 Å². The summed E-state index contributed by atoms with van der Waals surface area (Å²) in [6, 6.07) is 17.3. The average molecular weight is 246 g/mol. The van der Waals surface area contributed by atoms with Gasteiger partial charge in [0.2, 0.25) is 0 Å². The fourth-order valence-electron chi connectivity index (χ4n) is 1.64. The van der Waals surface area contributed by atoms with E-state index in [1.165, 1.54) is 7.05 Å². The van der Waals surface area contributed by atoms with Gasteiger partial charge in [-0.05, 0) is 23.3 Å². The molecule has 0 radical (unpaired) electrons. The number of hydrogen-bond acceptors (Lipinski definition) is 1. The fraction of sp³-hybridized carbons (Fsp3) is 0.0714. The van der Waals surface area contributed by atoms with Crippen LogP contribution in [0.4, 0.5) is 0 Å². The molecular weight excluding hydrogens is 234 g/mol. The van der Waals surface area contributed by atoms with Gasteiger partial charge in [-0.25, -0.2) is 0 Å². The fourth-order valence-corrected chi connectivity index (χ4v) is 1.74. The zero-order valence-electron chi connectivity index (χ0n) is 9.43. The first-order valence-corrected chi connectivity index (χ1v) is 5.61. The highest BCUT2D eigenvalue weighted by Gasteiger charge is 2.09. The Morgan fingerprint density at radius 1 is 1.00 bits per heavy atom.